The number of carbonyl (C=O) groups excluding carboxylic acids is 1. The molecule has 4 heterocycles. The van der Waals surface area contributed by atoms with Crippen molar-refractivity contribution < 1.29 is 22.4 Å². The zero-order valence-corrected chi connectivity index (χ0v) is 21.0. The maximum atomic E-state index is 13.4. The molecule has 2 aromatic heterocycles. The number of pyridine rings is 2. The molecule has 2 atom stereocenters. The predicted molar refractivity (Wildman–Crippen MR) is 139 cm³/mol. The van der Waals surface area contributed by atoms with Gasteiger partial charge in [0.15, 0.2) is 5.82 Å². The molecule has 1 saturated heterocycles. The Bertz CT molecular complexity index is 1320. The van der Waals surface area contributed by atoms with Crippen molar-refractivity contribution >= 4 is 29.0 Å². The van der Waals surface area contributed by atoms with Crippen molar-refractivity contribution in [1.29, 1.82) is 0 Å². The Labute approximate surface area is 218 Å². The molecule has 1 fully saturated rings. The molecule has 7 nitrogen and oxygen atoms in total. The van der Waals surface area contributed by atoms with E-state index in [0.717, 1.165) is 17.4 Å². The monoisotopic (exact) mass is 528 g/mol. The lowest BCUT2D eigenvalue weighted by atomic mass is 10.1. The Morgan fingerprint density at radius 1 is 1.08 bits per heavy atom. The van der Waals surface area contributed by atoms with Crippen molar-refractivity contribution in [1.82, 2.24) is 9.97 Å². The van der Waals surface area contributed by atoms with Crippen molar-refractivity contribution in [2.45, 2.75) is 32.0 Å². The summed E-state index contributed by atoms with van der Waals surface area (Å²) >= 11 is 0. The third-order valence-electron chi connectivity index (χ3n) is 7.16. The lowest BCUT2D eigenvalue weighted by Gasteiger charge is -2.28. The number of rotatable bonds is 3. The number of urea groups is 1. The minimum atomic E-state index is -4.21. The SMILES string of the molecule is C[C@@H]1CCN(C)c2ccc(-c3cccc(N4CCC(C(F)(F)F)C4)c3)nc2N1C(=O)Nc1ccc(F)cn1. The molecular weight excluding hydrogens is 500 g/mol. The number of hydrogen-bond acceptors (Lipinski definition) is 5. The highest BCUT2D eigenvalue weighted by Gasteiger charge is 2.43. The van der Waals surface area contributed by atoms with E-state index in [4.69, 9.17) is 4.98 Å². The summed E-state index contributed by atoms with van der Waals surface area (Å²) in [4.78, 5) is 27.5. The number of carbonyl (C=O) groups is 1. The van der Waals surface area contributed by atoms with Gasteiger partial charge in [0.1, 0.15) is 11.6 Å². The Morgan fingerprint density at radius 3 is 2.61 bits per heavy atom. The van der Waals surface area contributed by atoms with Gasteiger partial charge in [0.25, 0.3) is 0 Å². The molecule has 1 N–H and O–H groups in total. The minimum Gasteiger partial charge on any atom is -0.372 e. The van der Waals surface area contributed by atoms with E-state index in [0.29, 0.717) is 36.7 Å². The van der Waals surface area contributed by atoms with Crippen LogP contribution in [0.2, 0.25) is 0 Å². The smallest absolute Gasteiger partial charge is 0.372 e. The molecule has 0 radical (unpaired) electrons. The van der Waals surface area contributed by atoms with E-state index in [1.54, 1.807) is 21.9 Å². The van der Waals surface area contributed by atoms with Crippen LogP contribution in [0.15, 0.2) is 54.7 Å². The fraction of sp³-hybridized carbons (Fsp3) is 0.370. The predicted octanol–water partition coefficient (Wildman–Crippen LogP) is 5.94. The molecule has 200 valence electrons. The molecule has 2 aliphatic heterocycles. The van der Waals surface area contributed by atoms with E-state index in [-0.39, 0.29) is 24.8 Å². The topological polar surface area (TPSA) is 64.6 Å². The fourth-order valence-corrected chi connectivity index (χ4v) is 4.96. The molecule has 0 spiro atoms. The average Bonchev–Trinajstić information content (AvgIpc) is 3.36. The average molecular weight is 529 g/mol. The first-order valence-electron chi connectivity index (χ1n) is 12.5. The van der Waals surface area contributed by atoms with E-state index >= 15 is 0 Å². The second-order valence-electron chi connectivity index (χ2n) is 9.78. The van der Waals surface area contributed by atoms with Gasteiger partial charge in [-0.05, 0) is 56.2 Å². The summed E-state index contributed by atoms with van der Waals surface area (Å²) in [7, 11) is 1.93. The Morgan fingerprint density at radius 2 is 1.89 bits per heavy atom. The number of amides is 2. The number of nitrogens with zero attached hydrogens (tertiary/aromatic N) is 5. The van der Waals surface area contributed by atoms with Gasteiger partial charge < -0.3 is 9.80 Å². The van der Waals surface area contributed by atoms with Crippen LogP contribution in [0.25, 0.3) is 11.3 Å². The van der Waals surface area contributed by atoms with Gasteiger partial charge >= 0.3 is 12.2 Å². The van der Waals surface area contributed by atoms with Crippen molar-refractivity contribution in [2.24, 2.45) is 5.92 Å². The van der Waals surface area contributed by atoms with Gasteiger partial charge in [-0.1, -0.05) is 12.1 Å². The number of fused-ring (bicyclic) bond motifs is 1. The Balaban J connectivity index is 1.46. The number of halogens is 4. The summed E-state index contributed by atoms with van der Waals surface area (Å²) in [5.74, 6) is -1.17. The summed E-state index contributed by atoms with van der Waals surface area (Å²) < 4.78 is 52.9. The van der Waals surface area contributed by atoms with Crippen molar-refractivity contribution in [3.8, 4) is 11.3 Å². The van der Waals surface area contributed by atoms with E-state index in [1.165, 1.54) is 12.1 Å². The quantitative estimate of drug-likeness (QED) is 0.427. The van der Waals surface area contributed by atoms with Crippen LogP contribution in [0.1, 0.15) is 19.8 Å². The first-order chi connectivity index (χ1) is 18.1. The molecule has 11 heteroatoms. The van der Waals surface area contributed by atoms with E-state index in [1.807, 2.05) is 43.1 Å². The van der Waals surface area contributed by atoms with E-state index in [2.05, 4.69) is 10.3 Å². The van der Waals surface area contributed by atoms with Gasteiger partial charge in [0.2, 0.25) is 0 Å². The minimum absolute atomic E-state index is 0.0712. The lowest BCUT2D eigenvalue weighted by molar-refractivity contribution is -0.168. The Kier molecular flexibility index (Phi) is 6.85. The maximum absolute atomic E-state index is 13.4. The first kappa shape index (κ1) is 25.7. The van der Waals surface area contributed by atoms with Gasteiger partial charge in [-0.3, -0.25) is 10.2 Å². The van der Waals surface area contributed by atoms with Crippen molar-refractivity contribution in [3.05, 3.63) is 60.5 Å². The normalized spacial score (nSPS) is 19.8. The molecule has 38 heavy (non-hydrogen) atoms. The summed E-state index contributed by atoms with van der Waals surface area (Å²) in [6, 6.07) is 13.0. The van der Waals surface area contributed by atoms with Gasteiger partial charge in [0, 0.05) is 44.0 Å². The highest BCUT2D eigenvalue weighted by molar-refractivity contribution is 6.03. The first-order valence-corrected chi connectivity index (χ1v) is 12.5. The summed E-state index contributed by atoms with van der Waals surface area (Å²) in [6.07, 6.45) is -2.41. The molecule has 0 saturated carbocycles. The van der Waals surface area contributed by atoms with Crippen LogP contribution >= 0.6 is 0 Å². The summed E-state index contributed by atoms with van der Waals surface area (Å²) in [5, 5.41) is 2.73. The molecule has 1 aromatic carbocycles. The molecular formula is C27H28F4N6O. The number of alkyl halides is 3. The van der Waals surface area contributed by atoms with Crippen LogP contribution in [-0.4, -0.2) is 54.9 Å². The van der Waals surface area contributed by atoms with Crippen LogP contribution < -0.4 is 20.0 Å². The van der Waals surface area contributed by atoms with Crippen LogP contribution in [0.4, 0.5) is 45.4 Å². The molecule has 3 aromatic rings. The Hall–Kier alpha value is -3.89. The molecule has 0 aliphatic carbocycles. The summed E-state index contributed by atoms with van der Waals surface area (Å²) in [6.45, 7) is 2.90. The second kappa shape index (κ2) is 10.1. The third-order valence-corrected chi connectivity index (χ3v) is 7.16. The lowest BCUT2D eigenvalue weighted by Crippen LogP contribution is -2.42. The number of nitrogens with one attached hydrogen (secondary N) is 1. The second-order valence-corrected chi connectivity index (χ2v) is 9.78. The highest BCUT2D eigenvalue weighted by atomic mass is 19.4. The van der Waals surface area contributed by atoms with Crippen LogP contribution in [0, 0.1) is 11.7 Å². The number of aromatic nitrogens is 2. The molecule has 5 rings (SSSR count). The van der Waals surface area contributed by atoms with Crippen LogP contribution in [0.3, 0.4) is 0 Å². The number of hydrogen-bond donors (Lipinski definition) is 1. The van der Waals surface area contributed by atoms with Gasteiger partial charge in [-0.2, -0.15) is 13.2 Å². The van der Waals surface area contributed by atoms with E-state index < -0.39 is 23.9 Å². The van der Waals surface area contributed by atoms with Gasteiger partial charge in [-0.15, -0.1) is 0 Å². The summed E-state index contributed by atoms with van der Waals surface area (Å²) in [5.41, 5.74) is 2.80. The maximum Gasteiger partial charge on any atom is 0.393 e. The number of anilines is 4. The van der Waals surface area contributed by atoms with E-state index in [9.17, 15) is 22.4 Å². The van der Waals surface area contributed by atoms with Crippen LogP contribution in [0.5, 0.6) is 0 Å². The standard InChI is InChI=1S/C27H28F4N6O/c1-17-10-12-35(2)23-8-7-22(33-25(23)37(17)26(38)34-24-9-6-20(28)15-32-24)18-4-3-5-21(14-18)36-13-11-19(16-36)27(29,30)31/h3-9,14-15,17,19H,10-13,16H2,1-2H3,(H,32,34,38)/t17-,19?/m1/s1. The fourth-order valence-electron chi connectivity index (χ4n) is 4.96. The van der Waals surface area contributed by atoms with Crippen molar-refractivity contribution in [2.75, 3.05) is 46.7 Å². The largest absolute Gasteiger partial charge is 0.393 e. The molecule has 2 amide bonds. The zero-order valence-electron chi connectivity index (χ0n) is 21.0. The molecule has 1 unspecified atom stereocenters. The highest BCUT2D eigenvalue weighted by Crippen LogP contribution is 2.38. The molecule has 0 bridgehead atoms. The van der Waals surface area contributed by atoms with Crippen molar-refractivity contribution in [3.63, 3.8) is 0 Å². The van der Waals surface area contributed by atoms with Gasteiger partial charge in [0.05, 0.1) is 23.5 Å². The van der Waals surface area contributed by atoms with Crippen LogP contribution in [-0.2, 0) is 0 Å². The van der Waals surface area contributed by atoms with Gasteiger partial charge in [-0.25, -0.2) is 19.2 Å². The number of benzene rings is 1. The zero-order chi connectivity index (χ0) is 27.0. The third kappa shape index (κ3) is 5.23. The molecule has 2 aliphatic rings.